The van der Waals surface area contributed by atoms with Gasteiger partial charge in [0.1, 0.15) is 0 Å². The molecule has 0 aromatic heterocycles. The number of hydrogen-bond acceptors (Lipinski definition) is 0. The van der Waals surface area contributed by atoms with E-state index in [1.807, 2.05) is 0 Å². The fourth-order valence-corrected chi connectivity index (χ4v) is 2.92. The van der Waals surface area contributed by atoms with E-state index >= 15 is 0 Å². The van der Waals surface area contributed by atoms with Crippen LogP contribution in [0.25, 0.3) is 0 Å². The van der Waals surface area contributed by atoms with Gasteiger partial charge in [0, 0.05) is 0 Å². The summed E-state index contributed by atoms with van der Waals surface area (Å²) in [5, 5.41) is 0. The molecule has 2 aromatic rings. The van der Waals surface area contributed by atoms with Crippen LogP contribution >= 0.6 is 0 Å². The van der Waals surface area contributed by atoms with E-state index in [-0.39, 0.29) is 5.41 Å². The van der Waals surface area contributed by atoms with Crippen LogP contribution in [0.5, 0.6) is 0 Å². The van der Waals surface area contributed by atoms with E-state index in [9.17, 15) is 0 Å². The van der Waals surface area contributed by atoms with Crippen molar-refractivity contribution >= 4 is 0 Å². The summed E-state index contributed by atoms with van der Waals surface area (Å²) in [5.41, 5.74) is 3.02. The van der Waals surface area contributed by atoms with Gasteiger partial charge in [-0.15, -0.1) is 0 Å². The molecule has 0 amide bonds. The van der Waals surface area contributed by atoms with Gasteiger partial charge in [0.15, 0.2) is 0 Å². The highest BCUT2D eigenvalue weighted by Gasteiger charge is 2.30. The smallest absolute Gasteiger partial charge is 0.00350 e. The van der Waals surface area contributed by atoms with E-state index in [0.717, 1.165) is 6.42 Å². The van der Waals surface area contributed by atoms with Crippen molar-refractivity contribution in [3.05, 3.63) is 71.8 Å². The van der Waals surface area contributed by atoms with Gasteiger partial charge in [0.2, 0.25) is 0 Å². The largest absolute Gasteiger partial charge is 0.0648 e. The third-order valence-electron chi connectivity index (χ3n) is 4.00. The Balaban J connectivity index is 2.38. The lowest BCUT2D eigenvalue weighted by atomic mass is 9.69. The fourth-order valence-electron chi connectivity index (χ4n) is 2.92. The molecule has 0 radical (unpaired) electrons. The molecule has 0 heteroatoms. The van der Waals surface area contributed by atoms with Gasteiger partial charge in [-0.25, -0.2) is 0 Å². The third-order valence-corrected chi connectivity index (χ3v) is 4.00. The Bertz CT molecular complexity index is 468. The first kappa shape index (κ1) is 12.9. The van der Waals surface area contributed by atoms with E-state index in [4.69, 9.17) is 0 Å². The van der Waals surface area contributed by atoms with Gasteiger partial charge in [-0.1, -0.05) is 81.4 Å². The predicted molar refractivity (Wildman–Crippen MR) is 78.9 cm³/mol. The molecule has 0 N–H and O–H groups in total. The van der Waals surface area contributed by atoms with Crippen molar-refractivity contribution in [2.24, 2.45) is 0 Å². The molecule has 94 valence electrons. The summed E-state index contributed by atoms with van der Waals surface area (Å²) in [6, 6.07) is 21.7. The fraction of sp³-hybridized carbons (Fsp3) is 0.333. The normalized spacial score (nSPS) is 13.3. The highest BCUT2D eigenvalue weighted by Crippen LogP contribution is 2.40. The molecule has 2 aromatic carbocycles. The van der Waals surface area contributed by atoms with Gasteiger partial charge in [-0.3, -0.25) is 0 Å². The Morgan fingerprint density at radius 3 is 1.83 bits per heavy atom. The average molecular weight is 238 g/mol. The van der Waals surface area contributed by atoms with Crippen LogP contribution in [0, 0.1) is 0 Å². The maximum Gasteiger partial charge on any atom is -0.00350 e. The monoisotopic (exact) mass is 238 g/mol. The highest BCUT2D eigenvalue weighted by atomic mass is 14.3. The lowest BCUT2D eigenvalue weighted by Gasteiger charge is -2.35. The van der Waals surface area contributed by atoms with Gasteiger partial charge in [0.05, 0.1) is 0 Å². The maximum absolute atomic E-state index is 2.35. The Morgan fingerprint density at radius 1 is 0.833 bits per heavy atom. The van der Waals surface area contributed by atoms with E-state index < -0.39 is 0 Å². The minimum atomic E-state index is 0.164. The Morgan fingerprint density at radius 2 is 1.33 bits per heavy atom. The summed E-state index contributed by atoms with van der Waals surface area (Å²) in [7, 11) is 0. The van der Waals surface area contributed by atoms with Crippen LogP contribution in [-0.2, 0) is 5.41 Å². The Kier molecular flexibility index (Phi) is 3.86. The number of hydrogen-bond donors (Lipinski definition) is 0. The molecular formula is C18H22. The summed E-state index contributed by atoms with van der Waals surface area (Å²) < 4.78 is 0. The molecule has 2 rings (SSSR count). The second kappa shape index (κ2) is 5.39. The van der Waals surface area contributed by atoms with E-state index in [1.165, 1.54) is 11.1 Å². The van der Waals surface area contributed by atoms with Crippen molar-refractivity contribution in [3.8, 4) is 0 Å². The zero-order valence-electron chi connectivity index (χ0n) is 11.6. The molecule has 0 saturated heterocycles. The van der Waals surface area contributed by atoms with Crippen LogP contribution in [0.1, 0.15) is 44.2 Å². The SMILES string of the molecule is CCC(c1ccccc1)C(C)(C)c1ccccc1. The molecule has 0 aliphatic rings. The van der Waals surface area contributed by atoms with Crippen molar-refractivity contribution in [2.45, 2.75) is 38.5 Å². The molecule has 18 heavy (non-hydrogen) atoms. The van der Waals surface area contributed by atoms with E-state index in [0.29, 0.717) is 5.92 Å². The topological polar surface area (TPSA) is 0 Å². The van der Waals surface area contributed by atoms with Crippen LogP contribution < -0.4 is 0 Å². The van der Waals surface area contributed by atoms with Crippen LogP contribution in [-0.4, -0.2) is 0 Å². The Labute approximate surface area is 111 Å². The molecular weight excluding hydrogens is 216 g/mol. The molecule has 0 fully saturated rings. The summed E-state index contributed by atoms with van der Waals surface area (Å²) in [6.07, 6.45) is 1.16. The molecule has 0 nitrogen and oxygen atoms in total. The van der Waals surface area contributed by atoms with Crippen molar-refractivity contribution in [2.75, 3.05) is 0 Å². The van der Waals surface area contributed by atoms with Crippen LogP contribution in [0.4, 0.5) is 0 Å². The first-order valence-electron chi connectivity index (χ1n) is 6.76. The molecule has 1 unspecified atom stereocenters. The lowest BCUT2D eigenvalue weighted by molar-refractivity contribution is 0.401. The Hall–Kier alpha value is -1.56. The standard InChI is InChI=1S/C18H22/c1-4-17(15-11-7-5-8-12-15)18(2,3)16-13-9-6-10-14-16/h5-14,17H,4H2,1-3H3. The second-order valence-corrected chi connectivity index (χ2v) is 5.46. The van der Waals surface area contributed by atoms with E-state index in [1.54, 1.807) is 0 Å². The molecule has 0 saturated carbocycles. The maximum atomic E-state index is 2.35. The summed E-state index contributed by atoms with van der Waals surface area (Å²) in [5.74, 6) is 0.557. The van der Waals surface area contributed by atoms with Gasteiger partial charge < -0.3 is 0 Å². The number of benzene rings is 2. The minimum Gasteiger partial charge on any atom is -0.0648 e. The molecule has 0 aliphatic carbocycles. The first-order chi connectivity index (χ1) is 8.66. The molecule has 0 spiro atoms. The van der Waals surface area contributed by atoms with Gasteiger partial charge in [-0.2, -0.15) is 0 Å². The summed E-state index contributed by atoms with van der Waals surface area (Å²) >= 11 is 0. The lowest BCUT2D eigenvalue weighted by Crippen LogP contribution is -2.26. The zero-order chi connectivity index (χ0) is 13.0. The van der Waals surface area contributed by atoms with Crippen LogP contribution in [0.2, 0.25) is 0 Å². The van der Waals surface area contributed by atoms with E-state index in [2.05, 4.69) is 81.4 Å². The predicted octanol–water partition coefficient (Wildman–Crippen LogP) is 5.16. The summed E-state index contributed by atoms with van der Waals surface area (Å²) in [6.45, 7) is 6.98. The quantitative estimate of drug-likeness (QED) is 0.690. The van der Waals surface area contributed by atoms with Gasteiger partial charge in [0.25, 0.3) is 0 Å². The molecule has 1 atom stereocenters. The number of rotatable bonds is 4. The molecule has 0 heterocycles. The van der Waals surface area contributed by atoms with Crippen LogP contribution in [0.3, 0.4) is 0 Å². The second-order valence-electron chi connectivity index (χ2n) is 5.46. The van der Waals surface area contributed by atoms with Crippen molar-refractivity contribution < 1.29 is 0 Å². The zero-order valence-corrected chi connectivity index (χ0v) is 11.6. The van der Waals surface area contributed by atoms with Crippen molar-refractivity contribution in [1.82, 2.24) is 0 Å². The first-order valence-corrected chi connectivity index (χ1v) is 6.76. The molecule has 0 aliphatic heterocycles. The van der Waals surface area contributed by atoms with Crippen LogP contribution in [0.15, 0.2) is 60.7 Å². The molecule has 0 bridgehead atoms. The third kappa shape index (κ3) is 2.48. The van der Waals surface area contributed by atoms with Gasteiger partial charge >= 0.3 is 0 Å². The minimum absolute atomic E-state index is 0.164. The van der Waals surface area contributed by atoms with Gasteiger partial charge in [-0.05, 0) is 28.9 Å². The average Bonchev–Trinajstić information content (AvgIpc) is 2.41. The summed E-state index contributed by atoms with van der Waals surface area (Å²) in [4.78, 5) is 0. The van der Waals surface area contributed by atoms with Crippen molar-refractivity contribution in [1.29, 1.82) is 0 Å². The van der Waals surface area contributed by atoms with Crippen molar-refractivity contribution in [3.63, 3.8) is 0 Å². The highest BCUT2D eigenvalue weighted by molar-refractivity contribution is 5.32.